The van der Waals surface area contributed by atoms with E-state index in [0.29, 0.717) is 5.89 Å². The second-order valence-corrected chi connectivity index (χ2v) is 4.81. The molecule has 0 fully saturated rings. The molecule has 0 saturated heterocycles. The second kappa shape index (κ2) is 5.94. The standard InChI is InChI=1S/C13H15NO5S/c15-9(6-7-13(16,17)18)10-12(20)19-11(14-10)8-4-2-1-3-5-8/h1-5,9,15-18,20H,6-7H2. The number of hydrogen-bond acceptors (Lipinski definition) is 7. The summed E-state index contributed by atoms with van der Waals surface area (Å²) < 4.78 is 5.36. The minimum Gasteiger partial charge on any atom is -0.430 e. The fourth-order valence-corrected chi connectivity index (χ4v) is 2.00. The molecule has 1 aromatic carbocycles. The van der Waals surface area contributed by atoms with Crippen LogP contribution in [-0.2, 0) is 0 Å². The number of benzene rings is 1. The SMILES string of the molecule is OC(CCC(O)(O)O)c1nc(-c2ccccc2)oc1S. The van der Waals surface area contributed by atoms with Crippen molar-refractivity contribution >= 4 is 12.6 Å². The Kier molecular flexibility index (Phi) is 4.46. The Balaban J connectivity index is 2.15. The highest BCUT2D eigenvalue weighted by Crippen LogP contribution is 2.30. The van der Waals surface area contributed by atoms with Gasteiger partial charge >= 0.3 is 0 Å². The average Bonchev–Trinajstić information content (AvgIpc) is 2.78. The summed E-state index contributed by atoms with van der Waals surface area (Å²) in [5.74, 6) is -2.50. The van der Waals surface area contributed by atoms with Crippen LogP contribution < -0.4 is 0 Å². The van der Waals surface area contributed by atoms with Crippen LogP contribution in [-0.4, -0.2) is 31.4 Å². The topological polar surface area (TPSA) is 107 Å². The Morgan fingerprint density at radius 2 is 1.85 bits per heavy atom. The van der Waals surface area contributed by atoms with Crippen LogP contribution in [0.5, 0.6) is 0 Å². The number of aliphatic hydroxyl groups excluding tert-OH is 1. The van der Waals surface area contributed by atoms with E-state index in [1.807, 2.05) is 18.2 Å². The van der Waals surface area contributed by atoms with Crippen LogP contribution in [0.15, 0.2) is 39.8 Å². The highest BCUT2D eigenvalue weighted by atomic mass is 32.1. The molecular formula is C13H15NO5S. The van der Waals surface area contributed by atoms with E-state index in [1.54, 1.807) is 12.1 Å². The van der Waals surface area contributed by atoms with E-state index in [0.717, 1.165) is 5.56 Å². The number of hydrogen-bond donors (Lipinski definition) is 5. The van der Waals surface area contributed by atoms with Crippen LogP contribution in [0.2, 0.25) is 0 Å². The Morgan fingerprint density at radius 3 is 2.45 bits per heavy atom. The molecule has 1 heterocycles. The predicted octanol–water partition coefficient (Wildman–Crippen LogP) is 1.07. The van der Waals surface area contributed by atoms with Gasteiger partial charge in [-0.3, -0.25) is 0 Å². The van der Waals surface area contributed by atoms with Crippen LogP contribution >= 0.6 is 12.6 Å². The van der Waals surface area contributed by atoms with E-state index in [-0.39, 0.29) is 17.2 Å². The van der Waals surface area contributed by atoms with Crippen molar-refractivity contribution in [2.24, 2.45) is 0 Å². The zero-order valence-electron chi connectivity index (χ0n) is 10.5. The highest BCUT2D eigenvalue weighted by Gasteiger charge is 2.24. The Labute approximate surface area is 120 Å². The summed E-state index contributed by atoms with van der Waals surface area (Å²) in [7, 11) is 0. The maximum atomic E-state index is 9.92. The first-order valence-electron chi connectivity index (χ1n) is 5.97. The lowest BCUT2D eigenvalue weighted by Crippen LogP contribution is -2.27. The summed E-state index contributed by atoms with van der Waals surface area (Å²) in [6.45, 7) is 0. The van der Waals surface area contributed by atoms with Gasteiger partial charge in [0.1, 0.15) is 11.8 Å². The first kappa shape index (κ1) is 15.0. The third kappa shape index (κ3) is 3.81. The number of aliphatic hydroxyl groups is 4. The summed E-state index contributed by atoms with van der Waals surface area (Å²) in [5, 5.41) is 36.5. The summed E-state index contributed by atoms with van der Waals surface area (Å²) in [4.78, 5) is 4.14. The molecule has 0 aliphatic heterocycles. The lowest BCUT2D eigenvalue weighted by Gasteiger charge is -2.15. The third-order valence-electron chi connectivity index (χ3n) is 2.72. The van der Waals surface area contributed by atoms with Crippen LogP contribution in [0.4, 0.5) is 0 Å². The van der Waals surface area contributed by atoms with Gasteiger partial charge in [0.2, 0.25) is 5.89 Å². The van der Waals surface area contributed by atoms with E-state index in [4.69, 9.17) is 19.7 Å². The lowest BCUT2D eigenvalue weighted by molar-refractivity contribution is -0.316. The Morgan fingerprint density at radius 1 is 1.20 bits per heavy atom. The molecule has 0 radical (unpaired) electrons. The Bertz CT molecular complexity index is 564. The molecule has 0 bridgehead atoms. The van der Waals surface area contributed by atoms with E-state index < -0.39 is 18.5 Å². The number of rotatable bonds is 5. The van der Waals surface area contributed by atoms with Gasteiger partial charge in [0.05, 0.1) is 0 Å². The highest BCUT2D eigenvalue weighted by molar-refractivity contribution is 7.80. The quantitative estimate of drug-likeness (QED) is 0.417. The van der Waals surface area contributed by atoms with Gasteiger partial charge in [-0.05, 0) is 18.6 Å². The van der Waals surface area contributed by atoms with Crippen LogP contribution in [0.3, 0.4) is 0 Å². The molecule has 1 aromatic heterocycles. The molecule has 2 rings (SSSR count). The van der Waals surface area contributed by atoms with Crippen molar-refractivity contribution in [1.82, 2.24) is 4.98 Å². The van der Waals surface area contributed by atoms with Gasteiger partial charge in [-0.1, -0.05) is 18.2 Å². The molecule has 6 nitrogen and oxygen atoms in total. The molecule has 4 N–H and O–H groups in total. The Hall–Kier alpha value is -1.38. The molecule has 1 unspecified atom stereocenters. The van der Waals surface area contributed by atoms with Crippen molar-refractivity contribution in [3.8, 4) is 11.5 Å². The third-order valence-corrected chi connectivity index (χ3v) is 3.04. The molecule has 7 heteroatoms. The molecule has 0 amide bonds. The van der Waals surface area contributed by atoms with Crippen molar-refractivity contribution in [2.75, 3.05) is 0 Å². The van der Waals surface area contributed by atoms with Crippen molar-refractivity contribution in [3.05, 3.63) is 36.0 Å². The summed E-state index contributed by atoms with van der Waals surface area (Å²) in [6, 6.07) is 9.11. The molecule has 0 aliphatic carbocycles. The van der Waals surface area contributed by atoms with Crippen LogP contribution in [0.25, 0.3) is 11.5 Å². The minimum atomic E-state index is -2.82. The number of thiol groups is 1. The van der Waals surface area contributed by atoms with Gasteiger partial charge in [0, 0.05) is 12.0 Å². The van der Waals surface area contributed by atoms with Crippen LogP contribution in [0.1, 0.15) is 24.6 Å². The van der Waals surface area contributed by atoms with Gasteiger partial charge in [-0.15, -0.1) is 12.6 Å². The molecule has 0 aliphatic rings. The van der Waals surface area contributed by atoms with Crippen molar-refractivity contribution in [3.63, 3.8) is 0 Å². The zero-order chi connectivity index (χ0) is 14.8. The van der Waals surface area contributed by atoms with Gasteiger partial charge in [-0.25, -0.2) is 4.98 Å². The second-order valence-electron chi connectivity index (χ2n) is 4.40. The van der Waals surface area contributed by atoms with E-state index in [1.165, 1.54) is 0 Å². The predicted molar refractivity (Wildman–Crippen MR) is 72.8 cm³/mol. The van der Waals surface area contributed by atoms with Gasteiger partial charge in [-0.2, -0.15) is 0 Å². The summed E-state index contributed by atoms with van der Waals surface area (Å²) >= 11 is 4.10. The molecule has 2 aromatic rings. The molecule has 0 saturated carbocycles. The summed E-state index contributed by atoms with van der Waals surface area (Å²) in [5.41, 5.74) is 0.929. The fraction of sp³-hybridized carbons (Fsp3) is 0.308. The number of nitrogens with zero attached hydrogens (tertiary/aromatic N) is 1. The monoisotopic (exact) mass is 297 g/mol. The number of aromatic nitrogens is 1. The first-order valence-corrected chi connectivity index (χ1v) is 6.42. The minimum absolute atomic E-state index is 0.0994. The first-order chi connectivity index (χ1) is 9.37. The summed E-state index contributed by atoms with van der Waals surface area (Å²) in [6.07, 6.45) is -1.64. The number of oxazole rings is 1. The zero-order valence-corrected chi connectivity index (χ0v) is 11.4. The van der Waals surface area contributed by atoms with Gasteiger partial charge in [0.15, 0.2) is 5.09 Å². The van der Waals surface area contributed by atoms with E-state index >= 15 is 0 Å². The molecule has 0 spiro atoms. The van der Waals surface area contributed by atoms with E-state index in [9.17, 15) is 5.11 Å². The maximum absolute atomic E-state index is 9.92. The maximum Gasteiger partial charge on any atom is 0.275 e. The van der Waals surface area contributed by atoms with Crippen molar-refractivity contribution in [1.29, 1.82) is 0 Å². The molecular weight excluding hydrogens is 282 g/mol. The van der Waals surface area contributed by atoms with Gasteiger partial charge < -0.3 is 24.8 Å². The molecule has 20 heavy (non-hydrogen) atoms. The lowest BCUT2D eigenvalue weighted by atomic mass is 10.1. The average molecular weight is 297 g/mol. The largest absolute Gasteiger partial charge is 0.430 e. The van der Waals surface area contributed by atoms with Crippen LogP contribution in [0, 0.1) is 0 Å². The van der Waals surface area contributed by atoms with Gasteiger partial charge in [0.25, 0.3) is 5.97 Å². The normalized spacial score (nSPS) is 13.4. The molecule has 108 valence electrons. The molecule has 1 atom stereocenters. The van der Waals surface area contributed by atoms with Crippen molar-refractivity contribution < 1.29 is 24.8 Å². The van der Waals surface area contributed by atoms with E-state index in [2.05, 4.69) is 17.6 Å². The van der Waals surface area contributed by atoms with Crippen molar-refractivity contribution in [2.45, 2.75) is 30.0 Å². The fourth-order valence-electron chi connectivity index (χ4n) is 1.71. The smallest absolute Gasteiger partial charge is 0.275 e.